The predicted octanol–water partition coefficient (Wildman–Crippen LogP) is 6.81. The Balaban J connectivity index is 1.88. The second-order valence-electron chi connectivity index (χ2n) is 5.88. The monoisotopic (exact) mass is 383 g/mol. The zero-order chi connectivity index (χ0) is 17.2. The largest absolute Gasteiger partial charge is 0.192 e. The van der Waals surface area contributed by atoms with E-state index in [1.807, 2.05) is 48.5 Å². The quantitative estimate of drug-likeness (QED) is 0.373. The van der Waals surface area contributed by atoms with Crippen LogP contribution < -0.4 is 0 Å². The number of halogens is 1. The van der Waals surface area contributed by atoms with Gasteiger partial charge in [-0.05, 0) is 28.1 Å². The molecule has 0 saturated carbocycles. The lowest BCUT2D eigenvalue weighted by Gasteiger charge is -2.11. The van der Waals surface area contributed by atoms with E-state index in [1.54, 1.807) is 0 Å². The highest BCUT2D eigenvalue weighted by Crippen LogP contribution is 2.35. The van der Waals surface area contributed by atoms with Gasteiger partial charge in [0.15, 0.2) is 0 Å². The van der Waals surface area contributed by atoms with E-state index in [1.165, 1.54) is 5.56 Å². The molecule has 0 aliphatic heterocycles. The minimum atomic E-state index is 0.720. The van der Waals surface area contributed by atoms with Crippen LogP contribution >= 0.6 is 15.9 Å². The summed E-state index contributed by atoms with van der Waals surface area (Å²) >= 11 is 3.69. The second-order valence-corrected chi connectivity index (χ2v) is 6.74. The summed E-state index contributed by atoms with van der Waals surface area (Å²) in [4.78, 5) is 0. The number of nitriles is 1. The van der Waals surface area contributed by atoms with Crippen LogP contribution in [0.5, 0.6) is 0 Å². The Morgan fingerprint density at radius 1 is 0.680 bits per heavy atom. The van der Waals surface area contributed by atoms with Crippen LogP contribution in [0, 0.1) is 11.3 Å². The van der Waals surface area contributed by atoms with Crippen molar-refractivity contribution in [1.29, 1.82) is 5.26 Å². The van der Waals surface area contributed by atoms with Gasteiger partial charge in [0.2, 0.25) is 0 Å². The minimum Gasteiger partial charge on any atom is -0.192 e. The molecule has 0 aromatic heterocycles. The zero-order valence-electron chi connectivity index (χ0n) is 13.4. The van der Waals surface area contributed by atoms with Crippen molar-refractivity contribution in [3.05, 3.63) is 95.0 Å². The van der Waals surface area contributed by atoms with Gasteiger partial charge in [0.1, 0.15) is 6.07 Å². The molecule has 1 nitrogen and oxygen atoms in total. The van der Waals surface area contributed by atoms with Crippen molar-refractivity contribution in [2.24, 2.45) is 0 Å². The topological polar surface area (TPSA) is 23.8 Å². The summed E-state index contributed by atoms with van der Waals surface area (Å²) in [5, 5.41) is 11.8. The van der Waals surface area contributed by atoms with Crippen molar-refractivity contribution < 1.29 is 0 Å². The molecule has 0 bridgehead atoms. The van der Waals surface area contributed by atoms with E-state index in [-0.39, 0.29) is 0 Å². The summed E-state index contributed by atoms with van der Waals surface area (Å²) in [5.41, 5.74) is 5.02. The number of rotatable bonds is 2. The molecule has 0 atom stereocenters. The third kappa shape index (κ3) is 2.84. The van der Waals surface area contributed by atoms with Gasteiger partial charge in [0, 0.05) is 15.4 Å². The minimum absolute atomic E-state index is 0.720. The van der Waals surface area contributed by atoms with Crippen molar-refractivity contribution in [3.8, 4) is 28.3 Å². The molecule has 4 aromatic carbocycles. The van der Waals surface area contributed by atoms with Gasteiger partial charge in [-0.2, -0.15) is 5.26 Å². The Morgan fingerprint density at radius 3 is 2.16 bits per heavy atom. The highest BCUT2D eigenvalue weighted by Gasteiger charge is 2.11. The molecule has 25 heavy (non-hydrogen) atoms. The van der Waals surface area contributed by atoms with Gasteiger partial charge in [-0.25, -0.2) is 0 Å². The first kappa shape index (κ1) is 15.6. The first-order valence-corrected chi connectivity index (χ1v) is 8.84. The lowest BCUT2D eigenvalue weighted by molar-refractivity contribution is 1.49. The smallest absolute Gasteiger partial charge is 0.100 e. The van der Waals surface area contributed by atoms with Crippen molar-refractivity contribution >= 4 is 26.7 Å². The van der Waals surface area contributed by atoms with Crippen molar-refractivity contribution in [2.45, 2.75) is 0 Å². The number of nitrogens with zero attached hydrogens (tertiary/aromatic N) is 1. The molecule has 4 aromatic rings. The van der Waals surface area contributed by atoms with E-state index in [2.05, 4.69) is 58.4 Å². The Hall–Kier alpha value is -2.89. The normalized spacial score (nSPS) is 10.6. The molecular weight excluding hydrogens is 370 g/mol. The van der Waals surface area contributed by atoms with E-state index in [9.17, 15) is 5.26 Å². The van der Waals surface area contributed by atoms with Gasteiger partial charge in [0.25, 0.3) is 0 Å². The van der Waals surface area contributed by atoms with Crippen molar-refractivity contribution in [3.63, 3.8) is 0 Å². The molecule has 0 heterocycles. The lowest BCUT2D eigenvalue weighted by Crippen LogP contribution is -1.88. The summed E-state index contributed by atoms with van der Waals surface area (Å²) in [7, 11) is 0. The Morgan fingerprint density at radius 2 is 1.40 bits per heavy atom. The van der Waals surface area contributed by atoms with E-state index in [0.29, 0.717) is 0 Å². The summed E-state index contributed by atoms with van der Waals surface area (Å²) in [6.45, 7) is 0. The second kappa shape index (κ2) is 6.55. The molecule has 0 aliphatic carbocycles. The molecule has 0 saturated heterocycles. The molecule has 118 valence electrons. The first-order chi connectivity index (χ1) is 12.3. The maximum atomic E-state index is 9.72. The summed E-state index contributed by atoms with van der Waals surface area (Å²) in [5.74, 6) is 0. The van der Waals surface area contributed by atoms with E-state index < -0.39 is 0 Å². The maximum Gasteiger partial charge on any atom is 0.100 e. The average molecular weight is 384 g/mol. The van der Waals surface area contributed by atoms with Crippen LogP contribution in [0.1, 0.15) is 5.56 Å². The molecule has 0 spiro atoms. The average Bonchev–Trinajstić information content (AvgIpc) is 2.67. The zero-order valence-corrected chi connectivity index (χ0v) is 15.0. The highest BCUT2D eigenvalue weighted by molar-refractivity contribution is 9.10. The number of fused-ring (bicyclic) bond motifs is 1. The fourth-order valence-electron chi connectivity index (χ4n) is 3.17. The molecule has 2 heteroatoms. The van der Waals surface area contributed by atoms with Crippen LogP contribution in [-0.2, 0) is 0 Å². The van der Waals surface area contributed by atoms with E-state index >= 15 is 0 Å². The molecule has 0 N–H and O–H groups in total. The Bertz CT molecular complexity index is 1110. The van der Waals surface area contributed by atoms with Gasteiger partial charge < -0.3 is 0 Å². The van der Waals surface area contributed by atoms with Crippen molar-refractivity contribution in [2.75, 3.05) is 0 Å². The molecule has 0 radical (unpaired) electrons. The van der Waals surface area contributed by atoms with Crippen LogP contribution in [0.25, 0.3) is 33.0 Å². The molecular formula is C23H14BrN. The molecule has 0 unspecified atom stereocenters. The van der Waals surface area contributed by atoms with Gasteiger partial charge >= 0.3 is 0 Å². The van der Waals surface area contributed by atoms with Crippen molar-refractivity contribution in [1.82, 2.24) is 0 Å². The van der Waals surface area contributed by atoms with Crippen LogP contribution in [0.3, 0.4) is 0 Å². The molecule has 0 fully saturated rings. The summed E-state index contributed by atoms with van der Waals surface area (Å²) in [6.07, 6.45) is 0. The highest BCUT2D eigenvalue weighted by atomic mass is 79.9. The first-order valence-electron chi connectivity index (χ1n) is 8.05. The standard InChI is InChI=1S/C23H14BrN/c24-23-14-18(11-13-21(23)16-6-2-1-3-7-16)20-12-10-17-8-4-5-9-19(17)22(20)15-25/h1-14H. The Labute approximate surface area is 155 Å². The van der Waals surface area contributed by atoms with Crippen LogP contribution in [0.15, 0.2) is 89.4 Å². The van der Waals surface area contributed by atoms with Crippen LogP contribution in [-0.4, -0.2) is 0 Å². The van der Waals surface area contributed by atoms with E-state index in [0.717, 1.165) is 37.5 Å². The predicted molar refractivity (Wildman–Crippen MR) is 107 cm³/mol. The van der Waals surface area contributed by atoms with Crippen LogP contribution in [0.4, 0.5) is 0 Å². The fourth-order valence-corrected chi connectivity index (χ4v) is 3.77. The van der Waals surface area contributed by atoms with Gasteiger partial charge in [-0.1, -0.05) is 94.8 Å². The van der Waals surface area contributed by atoms with E-state index in [4.69, 9.17) is 0 Å². The molecule has 0 amide bonds. The van der Waals surface area contributed by atoms with Gasteiger partial charge in [-0.3, -0.25) is 0 Å². The Kier molecular flexibility index (Phi) is 4.09. The van der Waals surface area contributed by atoms with Gasteiger partial charge in [0.05, 0.1) is 5.56 Å². The van der Waals surface area contributed by atoms with Gasteiger partial charge in [-0.15, -0.1) is 0 Å². The molecule has 4 rings (SSSR count). The van der Waals surface area contributed by atoms with Crippen LogP contribution in [0.2, 0.25) is 0 Å². The number of hydrogen-bond acceptors (Lipinski definition) is 1. The fraction of sp³-hybridized carbons (Fsp3) is 0. The third-order valence-electron chi connectivity index (χ3n) is 4.41. The summed E-state index contributed by atoms with van der Waals surface area (Å²) < 4.78 is 1.02. The summed E-state index contributed by atoms with van der Waals surface area (Å²) in [6, 6.07) is 31.0. The maximum absolute atomic E-state index is 9.72. The lowest BCUT2D eigenvalue weighted by atomic mass is 9.93. The number of benzene rings is 4. The molecule has 0 aliphatic rings. The third-order valence-corrected chi connectivity index (χ3v) is 5.06. The SMILES string of the molecule is N#Cc1c(-c2ccc(-c3ccccc3)c(Br)c2)ccc2ccccc12. The number of hydrogen-bond donors (Lipinski definition) is 0.